The summed E-state index contributed by atoms with van der Waals surface area (Å²) >= 11 is 2.78. The van der Waals surface area contributed by atoms with Gasteiger partial charge in [0.2, 0.25) is 5.91 Å². The number of thiazole rings is 1. The van der Waals surface area contributed by atoms with E-state index in [1.807, 2.05) is 34.3 Å². The monoisotopic (exact) mass is 421 g/mol. The van der Waals surface area contributed by atoms with Crippen molar-refractivity contribution in [3.63, 3.8) is 0 Å². The van der Waals surface area contributed by atoms with Gasteiger partial charge in [0.25, 0.3) is 0 Å². The SMILES string of the molecule is Cc1ccc(-n2ccnc2SCC(=O)Nc2nc(-c3ccccn3)cs2)cc1C. The van der Waals surface area contributed by atoms with Crippen LogP contribution in [0, 0.1) is 13.8 Å². The van der Waals surface area contributed by atoms with Gasteiger partial charge in [-0.15, -0.1) is 11.3 Å². The number of anilines is 1. The molecular weight excluding hydrogens is 402 g/mol. The first-order valence-electron chi connectivity index (χ1n) is 9.01. The predicted molar refractivity (Wildman–Crippen MR) is 118 cm³/mol. The number of imidazole rings is 1. The van der Waals surface area contributed by atoms with Crippen LogP contribution in [0.15, 0.2) is 65.5 Å². The van der Waals surface area contributed by atoms with Crippen molar-refractivity contribution < 1.29 is 4.79 Å². The van der Waals surface area contributed by atoms with Crippen molar-refractivity contribution >= 4 is 34.1 Å². The molecule has 8 heteroatoms. The van der Waals surface area contributed by atoms with Crippen molar-refractivity contribution in [2.75, 3.05) is 11.1 Å². The summed E-state index contributed by atoms with van der Waals surface area (Å²) in [6.45, 7) is 4.17. The first-order valence-corrected chi connectivity index (χ1v) is 10.9. The van der Waals surface area contributed by atoms with Crippen molar-refractivity contribution in [2.45, 2.75) is 19.0 Å². The number of benzene rings is 1. The lowest BCUT2D eigenvalue weighted by molar-refractivity contribution is -0.113. The molecule has 4 rings (SSSR count). The van der Waals surface area contributed by atoms with E-state index in [-0.39, 0.29) is 11.7 Å². The van der Waals surface area contributed by atoms with Gasteiger partial charge < -0.3 is 5.32 Å². The highest BCUT2D eigenvalue weighted by atomic mass is 32.2. The van der Waals surface area contributed by atoms with Crippen LogP contribution >= 0.6 is 23.1 Å². The molecule has 0 fully saturated rings. The molecule has 0 spiro atoms. The van der Waals surface area contributed by atoms with E-state index in [4.69, 9.17) is 0 Å². The van der Waals surface area contributed by atoms with E-state index in [0.717, 1.165) is 22.2 Å². The summed E-state index contributed by atoms with van der Waals surface area (Å²) in [5.41, 5.74) is 5.04. The highest BCUT2D eigenvalue weighted by Gasteiger charge is 2.12. The van der Waals surface area contributed by atoms with E-state index in [1.54, 1.807) is 12.4 Å². The number of aromatic nitrogens is 4. The highest BCUT2D eigenvalue weighted by Crippen LogP contribution is 2.25. The van der Waals surface area contributed by atoms with E-state index < -0.39 is 0 Å². The molecule has 0 aliphatic carbocycles. The van der Waals surface area contributed by atoms with Gasteiger partial charge in [-0.1, -0.05) is 23.9 Å². The number of nitrogens with one attached hydrogen (secondary N) is 1. The molecule has 0 saturated carbocycles. The molecule has 4 aromatic rings. The van der Waals surface area contributed by atoms with Crippen LogP contribution in [0.1, 0.15) is 11.1 Å². The van der Waals surface area contributed by atoms with Gasteiger partial charge in [0.05, 0.1) is 11.4 Å². The fourth-order valence-corrected chi connectivity index (χ4v) is 4.21. The predicted octanol–water partition coefficient (Wildman–Crippen LogP) is 4.74. The molecule has 6 nitrogen and oxygen atoms in total. The lowest BCUT2D eigenvalue weighted by atomic mass is 10.1. The number of nitrogens with zero attached hydrogens (tertiary/aromatic N) is 4. The average molecular weight is 422 g/mol. The molecule has 146 valence electrons. The van der Waals surface area contributed by atoms with E-state index in [1.165, 1.54) is 34.2 Å². The number of carbonyl (C=O) groups excluding carboxylic acids is 1. The van der Waals surface area contributed by atoms with Crippen molar-refractivity contribution in [3.05, 3.63) is 71.5 Å². The van der Waals surface area contributed by atoms with Crippen LogP contribution in [0.3, 0.4) is 0 Å². The maximum Gasteiger partial charge on any atom is 0.236 e. The molecule has 0 aliphatic heterocycles. The number of amides is 1. The van der Waals surface area contributed by atoms with Crippen LogP contribution in [0.5, 0.6) is 0 Å². The van der Waals surface area contributed by atoms with Gasteiger partial charge in [0.1, 0.15) is 5.69 Å². The molecule has 0 unspecified atom stereocenters. The standard InChI is InChI=1S/C21H19N5OS2/c1-14-6-7-16(11-15(14)2)26-10-9-23-21(26)29-13-19(27)25-20-24-18(12-28-20)17-5-3-4-8-22-17/h3-12H,13H2,1-2H3,(H,24,25,27). The zero-order chi connectivity index (χ0) is 20.2. The van der Waals surface area contributed by atoms with Gasteiger partial charge in [-0.05, 0) is 49.2 Å². The summed E-state index contributed by atoms with van der Waals surface area (Å²) in [5, 5.41) is 6.08. The fraction of sp³-hybridized carbons (Fsp3) is 0.143. The normalized spacial score (nSPS) is 10.8. The number of hydrogen-bond acceptors (Lipinski definition) is 6. The summed E-state index contributed by atoms with van der Waals surface area (Å²) in [6.07, 6.45) is 5.38. The van der Waals surface area contributed by atoms with Crippen molar-refractivity contribution in [2.24, 2.45) is 0 Å². The average Bonchev–Trinajstić information content (AvgIpc) is 3.39. The third-order valence-corrected chi connectivity index (χ3v) is 6.11. The van der Waals surface area contributed by atoms with Gasteiger partial charge in [-0.25, -0.2) is 9.97 Å². The summed E-state index contributed by atoms with van der Waals surface area (Å²) in [6, 6.07) is 11.9. The summed E-state index contributed by atoms with van der Waals surface area (Å²) < 4.78 is 1.99. The Kier molecular flexibility index (Phi) is 5.73. The quantitative estimate of drug-likeness (QED) is 0.455. The number of pyridine rings is 1. The van der Waals surface area contributed by atoms with Gasteiger partial charge in [0, 0.05) is 29.7 Å². The maximum absolute atomic E-state index is 12.4. The Labute approximate surface area is 177 Å². The van der Waals surface area contributed by atoms with Crippen molar-refractivity contribution in [3.8, 4) is 17.1 Å². The highest BCUT2D eigenvalue weighted by molar-refractivity contribution is 7.99. The minimum Gasteiger partial charge on any atom is -0.301 e. The number of rotatable bonds is 6. The molecular formula is C21H19N5OS2. The first-order chi connectivity index (χ1) is 14.1. The van der Waals surface area contributed by atoms with E-state index in [9.17, 15) is 4.79 Å². The summed E-state index contributed by atoms with van der Waals surface area (Å²) in [7, 11) is 0. The lowest BCUT2D eigenvalue weighted by Gasteiger charge is -2.09. The van der Waals surface area contributed by atoms with Gasteiger partial charge in [0.15, 0.2) is 10.3 Å². The van der Waals surface area contributed by atoms with Crippen LogP contribution in [0.25, 0.3) is 17.1 Å². The Hall–Kier alpha value is -2.97. The molecule has 3 heterocycles. The summed E-state index contributed by atoms with van der Waals surface area (Å²) in [5.74, 6) is 0.131. The first kappa shape index (κ1) is 19.4. The number of aryl methyl sites for hydroxylation is 2. The number of hydrogen-bond donors (Lipinski definition) is 1. The second kappa shape index (κ2) is 8.59. The molecule has 0 atom stereocenters. The second-order valence-electron chi connectivity index (χ2n) is 6.44. The molecule has 0 radical (unpaired) electrons. The molecule has 0 bridgehead atoms. The molecule has 0 saturated heterocycles. The molecule has 1 N–H and O–H groups in total. The van der Waals surface area contributed by atoms with E-state index >= 15 is 0 Å². The second-order valence-corrected chi connectivity index (χ2v) is 8.24. The minimum absolute atomic E-state index is 0.119. The molecule has 3 aromatic heterocycles. The van der Waals surface area contributed by atoms with Gasteiger partial charge in [-0.2, -0.15) is 0 Å². The number of thioether (sulfide) groups is 1. The van der Waals surface area contributed by atoms with E-state index in [0.29, 0.717) is 5.13 Å². The maximum atomic E-state index is 12.4. The van der Waals surface area contributed by atoms with Crippen LogP contribution < -0.4 is 5.32 Å². The van der Waals surface area contributed by atoms with Crippen LogP contribution in [-0.2, 0) is 4.79 Å². The lowest BCUT2D eigenvalue weighted by Crippen LogP contribution is -2.14. The topological polar surface area (TPSA) is 72.7 Å². The Balaban J connectivity index is 1.39. The van der Waals surface area contributed by atoms with Gasteiger partial charge in [-0.3, -0.25) is 14.3 Å². The van der Waals surface area contributed by atoms with Crippen molar-refractivity contribution in [1.29, 1.82) is 0 Å². The molecule has 1 amide bonds. The Morgan fingerprint density at radius 3 is 2.79 bits per heavy atom. The Bertz CT molecular complexity index is 1140. The summed E-state index contributed by atoms with van der Waals surface area (Å²) in [4.78, 5) is 25.5. The zero-order valence-electron chi connectivity index (χ0n) is 16.0. The van der Waals surface area contributed by atoms with Gasteiger partial charge >= 0.3 is 0 Å². The smallest absolute Gasteiger partial charge is 0.236 e. The Morgan fingerprint density at radius 2 is 2.00 bits per heavy atom. The van der Waals surface area contributed by atoms with E-state index in [2.05, 4.69) is 52.3 Å². The van der Waals surface area contributed by atoms with Crippen LogP contribution in [-0.4, -0.2) is 31.2 Å². The Morgan fingerprint density at radius 1 is 1.10 bits per heavy atom. The minimum atomic E-state index is -0.119. The van der Waals surface area contributed by atoms with Crippen LogP contribution in [0.4, 0.5) is 5.13 Å². The molecule has 29 heavy (non-hydrogen) atoms. The third-order valence-electron chi connectivity index (χ3n) is 4.39. The fourth-order valence-electron chi connectivity index (χ4n) is 2.72. The number of carbonyl (C=O) groups is 1. The third kappa shape index (κ3) is 4.55. The zero-order valence-corrected chi connectivity index (χ0v) is 17.6. The van der Waals surface area contributed by atoms with Crippen LogP contribution in [0.2, 0.25) is 0 Å². The molecule has 0 aliphatic rings. The largest absolute Gasteiger partial charge is 0.301 e. The molecule has 1 aromatic carbocycles. The van der Waals surface area contributed by atoms with Crippen molar-refractivity contribution in [1.82, 2.24) is 19.5 Å².